The van der Waals surface area contributed by atoms with Crippen LogP contribution in [0.25, 0.3) is 0 Å². The predicted octanol–water partition coefficient (Wildman–Crippen LogP) is 2.96. The summed E-state index contributed by atoms with van der Waals surface area (Å²) in [5, 5.41) is 0. The fourth-order valence-corrected chi connectivity index (χ4v) is 6.48. The second kappa shape index (κ2) is 6.97. The molecule has 1 heterocycles. The highest BCUT2D eigenvalue weighted by molar-refractivity contribution is 5.88. The average molecular weight is 361 g/mol. The summed E-state index contributed by atoms with van der Waals surface area (Å²) >= 11 is 0. The van der Waals surface area contributed by atoms with Crippen molar-refractivity contribution in [2.75, 3.05) is 19.7 Å². The van der Waals surface area contributed by atoms with E-state index in [-0.39, 0.29) is 35.6 Å². The number of amides is 1. The molecule has 5 nitrogen and oxygen atoms in total. The number of hydrogen-bond donors (Lipinski definition) is 0. The molecular formula is C21H31NO4. The van der Waals surface area contributed by atoms with Crippen molar-refractivity contribution in [3.05, 3.63) is 0 Å². The molecule has 0 aromatic rings. The molecule has 5 rings (SSSR count). The van der Waals surface area contributed by atoms with E-state index in [0.29, 0.717) is 30.7 Å². The number of nitrogens with zero attached hydrogens (tertiary/aromatic N) is 1. The van der Waals surface area contributed by atoms with Gasteiger partial charge < -0.3 is 9.64 Å². The summed E-state index contributed by atoms with van der Waals surface area (Å²) in [6.45, 7) is 2.94. The van der Waals surface area contributed by atoms with E-state index >= 15 is 0 Å². The summed E-state index contributed by atoms with van der Waals surface area (Å²) in [4.78, 5) is 39.1. The molecule has 5 aliphatic rings. The highest BCUT2D eigenvalue weighted by Gasteiger charge is 2.54. The Bertz CT molecular complexity index is 564. The molecule has 1 saturated heterocycles. The van der Waals surface area contributed by atoms with Gasteiger partial charge in [0.05, 0.1) is 5.92 Å². The monoisotopic (exact) mass is 361 g/mol. The quantitative estimate of drug-likeness (QED) is 0.706. The Morgan fingerprint density at radius 2 is 1.65 bits per heavy atom. The van der Waals surface area contributed by atoms with Gasteiger partial charge in [-0.1, -0.05) is 6.92 Å². The second-order valence-electron chi connectivity index (χ2n) is 9.26. The number of hydrogen-bond acceptors (Lipinski definition) is 4. The third-order valence-electron chi connectivity index (χ3n) is 7.39. The molecule has 0 radical (unpaired) electrons. The summed E-state index contributed by atoms with van der Waals surface area (Å²) in [6.07, 6.45) is 8.98. The molecule has 0 aromatic carbocycles. The average Bonchev–Trinajstić information content (AvgIpc) is 2.64. The Balaban J connectivity index is 1.32. The van der Waals surface area contributed by atoms with Gasteiger partial charge in [-0.05, 0) is 69.1 Å². The van der Waals surface area contributed by atoms with Crippen LogP contribution < -0.4 is 0 Å². The molecule has 4 bridgehead atoms. The molecule has 0 spiro atoms. The van der Waals surface area contributed by atoms with Gasteiger partial charge in [-0.15, -0.1) is 0 Å². The lowest BCUT2D eigenvalue weighted by Gasteiger charge is -2.55. The molecule has 26 heavy (non-hydrogen) atoms. The number of piperidine rings is 1. The number of likely N-dealkylation sites (tertiary alicyclic amines) is 1. The van der Waals surface area contributed by atoms with Crippen LogP contribution in [-0.2, 0) is 19.1 Å². The Labute approximate surface area is 155 Å². The van der Waals surface area contributed by atoms with Crippen molar-refractivity contribution in [1.29, 1.82) is 0 Å². The molecule has 1 amide bonds. The highest BCUT2D eigenvalue weighted by Crippen LogP contribution is 2.60. The van der Waals surface area contributed by atoms with Crippen LogP contribution in [0.1, 0.15) is 64.7 Å². The smallest absolute Gasteiger partial charge is 0.311 e. The Morgan fingerprint density at radius 1 is 1.04 bits per heavy atom. The number of rotatable bonds is 5. The van der Waals surface area contributed by atoms with E-state index < -0.39 is 0 Å². The second-order valence-corrected chi connectivity index (χ2v) is 9.26. The van der Waals surface area contributed by atoms with E-state index in [1.165, 1.54) is 19.3 Å². The first-order valence-corrected chi connectivity index (χ1v) is 10.5. The van der Waals surface area contributed by atoms with E-state index in [2.05, 4.69) is 0 Å². The normalized spacial score (nSPS) is 38.3. The maximum atomic E-state index is 13.0. The van der Waals surface area contributed by atoms with E-state index in [1.807, 2.05) is 6.92 Å². The Morgan fingerprint density at radius 3 is 2.23 bits per heavy atom. The van der Waals surface area contributed by atoms with Crippen molar-refractivity contribution in [2.45, 2.75) is 64.7 Å². The van der Waals surface area contributed by atoms with Gasteiger partial charge >= 0.3 is 5.97 Å². The van der Waals surface area contributed by atoms with E-state index in [4.69, 9.17) is 4.74 Å². The summed E-state index contributed by atoms with van der Waals surface area (Å²) in [5.74, 6) is 1.82. The van der Waals surface area contributed by atoms with Crippen LogP contribution in [0.15, 0.2) is 0 Å². The standard InChI is InChI=1S/C21H31NO4/c1-2-19(24)22-5-3-4-17(12-22)20(25)26-13-18(23)21-9-14-6-15(10-21)8-16(7-14)11-21/h14-17H,2-13H2,1H3. The van der Waals surface area contributed by atoms with E-state index in [1.54, 1.807) is 4.90 Å². The van der Waals surface area contributed by atoms with E-state index in [0.717, 1.165) is 38.6 Å². The number of ether oxygens (including phenoxy) is 1. The Kier molecular flexibility index (Phi) is 4.83. The van der Waals surface area contributed by atoms with Crippen molar-refractivity contribution in [3.8, 4) is 0 Å². The first-order valence-electron chi connectivity index (χ1n) is 10.5. The summed E-state index contributed by atoms with van der Waals surface area (Å²) < 4.78 is 5.47. The van der Waals surface area contributed by atoms with Gasteiger partial charge in [0.15, 0.2) is 12.4 Å². The van der Waals surface area contributed by atoms with Gasteiger partial charge in [0, 0.05) is 24.9 Å². The van der Waals surface area contributed by atoms with Crippen LogP contribution in [-0.4, -0.2) is 42.3 Å². The minimum absolute atomic E-state index is 0.0663. The third-order valence-corrected chi connectivity index (χ3v) is 7.39. The van der Waals surface area contributed by atoms with Gasteiger partial charge in [0.2, 0.25) is 5.91 Å². The number of esters is 1. The largest absolute Gasteiger partial charge is 0.457 e. The summed E-state index contributed by atoms with van der Waals surface area (Å²) in [7, 11) is 0. The number of carbonyl (C=O) groups is 3. The van der Waals surface area contributed by atoms with Crippen LogP contribution in [0, 0.1) is 29.1 Å². The van der Waals surface area contributed by atoms with Crippen LogP contribution in [0.5, 0.6) is 0 Å². The molecule has 0 aromatic heterocycles. The van der Waals surface area contributed by atoms with Crippen LogP contribution in [0.4, 0.5) is 0 Å². The highest BCUT2D eigenvalue weighted by atomic mass is 16.5. The van der Waals surface area contributed by atoms with Gasteiger partial charge in [-0.2, -0.15) is 0 Å². The molecular weight excluding hydrogens is 330 g/mol. The summed E-state index contributed by atoms with van der Waals surface area (Å²) in [6, 6.07) is 0. The lowest BCUT2D eigenvalue weighted by Crippen LogP contribution is -2.51. The zero-order valence-corrected chi connectivity index (χ0v) is 15.9. The van der Waals surface area contributed by atoms with E-state index in [9.17, 15) is 14.4 Å². The van der Waals surface area contributed by atoms with Crippen LogP contribution in [0.3, 0.4) is 0 Å². The molecule has 5 fully saturated rings. The fourth-order valence-electron chi connectivity index (χ4n) is 6.48. The lowest BCUT2D eigenvalue weighted by atomic mass is 9.48. The molecule has 144 valence electrons. The molecule has 1 atom stereocenters. The SMILES string of the molecule is CCC(=O)N1CCCC(C(=O)OCC(=O)C23CC4CC(CC(C4)C2)C3)C1. The van der Waals surface area contributed by atoms with Crippen molar-refractivity contribution in [1.82, 2.24) is 4.90 Å². The molecule has 4 saturated carbocycles. The molecule has 4 aliphatic carbocycles. The molecule has 5 heteroatoms. The third kappa shape index (κ3) is 3.29. The van der Waals surface area contributed by atoms with Gasteiger partial charge in [0.1, 0.15) is 0 Å². The molecule has 1 unspecified atom stereocenters. The summed E-state index contributed by atoms with van der Waals surface area (Å²) in [5.41, 5.74) is -0.203. The maximum absolute atomic E-state index is 13.0. The number of carbonyl (C=O) groups excluding carboxylic acids is 3. The minimum Gasteiger partial charge on any atom is -0.457 e. The van der Waals surface area contributed by atoms with Crippen molar-refractivity contribution < 1.29 is 19.1 Å². The van der Waals surface area contributed by atoms with Crippen molar-refractivity contribution in [2.24, 2.45) is 29.1 Å². The molecule has 0 N–H and O–H groups in total. The number of Topliss-reactive ketones (excluding diaryl/α,β-unsaturated/α-hetero) is 1. The lowest BCUT2D eigenvalue weighted by molar-refractivity contribution is -0.161. The maximum Gasteiger partial charge on any atom is 0.311 e. The zero-order valence-electron chi connectivity index (χ0n) is 15.9. The zero-order chi connectivity index (χ0) is 18.3. The first-order chi connectivity index (χ1) is 12.5. The first kappa shape index (κ1) is 18.0. The minimum atomic E-state index is -0.295. The topological polar surface area (TPSA) is 63.7 Å². The van der Waals surface area contributed by atoms with Gasteiger partial charge in [-0.25, -0.2) is 0 Å². The van der Waals surface area contributed by atoms with Crippen LogP contribution in [0.2, 0.25) is 0 Å². The number of ketones is 1. The predicted molar refractivity (Wildman–Crippen MR) is 96.2 cm³/mol. The van der Waals surface area contributed by atoms with Crippen LogP contribution >= 0.6 is 0 Å². The van der Waals surface area contributed by atoms with Crippen molar-refractivity contribution in [3.63, 3.8) is 0 Å². The molecule has 1 aliphatic heterocycles. The van der Waals surface area contributed by atoms with Gasteiger partial charge in [-0.3, -0.25) is 14.4 Å². The van der Waals surface area contributed by atoms with Crippen molar-refractivity contribution >= 4 is 17.7 Å². The Hall–Kier alpha value is -1.39. The fraction of sp³-hybridized carbons (Fsp3) is 0.857. The van der Waals surface area contributed by atoms with Gasteiger partial charge in [0.25, 0.3) is 0 Å².